The van der Waals surface area contributed by atoms with Crippen molar-refractivity contribution in [3.63, 3.8) is 0 Å². The van der Waals surface area contributed by atoms with Crippen molar-refractivity contribution in [1.29, 1.82) is 0 Å². The van der Waals surface area contributed by atoms with E-state index in [1.54, 1.807) is 24.3 Å². The summed E-state index contributed by atoms with van der Waals surface area (Å²) in [6.45, 7) is 1.37. The second-order valence-corrected chi connectivity index (χ2v) is 5.72. The van der Waals surface area contributed by atoms with Crippen LogP contribution in [0.1, 0.15) is 12.5 Å². The lowest BCUT2D eigenvalue weighted by Gasteiger charge is -2.15. The van der Waals surface area contributed by atoms with E-state index in [9.17, 15) is 18.8 Å². The molecule has 1 heterocycles. The van der Waals surface area contributed by atoms with Gasteiger partial charge in [-0.1, -0.05) is 35.9 Å². The lowest BCUT2D eigenvalue weighted by atomic mass is 10.1. The van der Waals surface area contributed by atoms with Gasteiger partial charge in [0.1, 0.15) is 10.8 Å². The molecule has 5 nitrogen and oxygen atoms in total. The van der Waals surface area contributed by atoms with Crippen LogP contribution in [0.25, 0.3) is 5.57 Å². The smallest absolute Gasteiger partial charge is 0.277 e. The van der Waals surface area contributed by atoms with E-state index < -0.39 is 17.6 Å². The molecule has 126 valence electrons. The summed E-state index contributed by atoms with van der Waals surface area (Å²) in [4.78, 5) is 36.8. The summed E-state index contributed by atoms with van der Waals surface area (Å²) in [7, 11) is 0. The van der Waals surface area contributed by atoms with Gasteiger partial charge in [-0.15, -0.1) is 0 Å². The van der Waals surface area contributed by atoms with Crippen LogP contribution < -0.4 is 10.2 Å². The molecule has 0 fully saturated rings. The van der Waals surface area contributed by atoms with Crippen LogP contribution in [0.15, 0.2) is 53.6 Å². The van der Waals surface area contributed by atoms with Crippen LogP contribution in [0.5, 0.6) is 0 Å². The van der Waals surface area contributed by atoms with Crippen LogP contribution in [0.4, 0.5) is 15.8 Å². The topological polar surface area (TPSA) is 66.5 Å². The van der Waals surface area contributed by atoms with Gasteiger partial charge in [0.2, 0.25) is 5.91 Å². The van der Waals surface area contributed by atoms with Gasteiger partial charge < -0.3 is 5.32 Å². The number of amides is 3. The first-order valence-electron chi connectivity index (χ1n) is 7.31. The number of benzene rings is 2. The van der Waals surface area contributed by atoms with Gasteiger partial charge in [-0.25, -0.2) is 9.29 Å². The first kappa shape index (κ1) is 16.9. The first-order valence-corrected chi connectivity index (χ1v) is 7.69. The molecular formula is C18H12ClFN2O3. The van der Waals surface area contributed by atoms with Gasteiger partial charge in [0.05, 0.1) is 11.3 Å². The fourth-order valence-corrected chi connectivity index (χ4v) is 2.80. The second-order valence-electron chi connectivity index (χ2n) is 5.34. The minimum absolute atomic E-state index is 0.00991. The van der Waals surface area contributed by atoms with Crippen molar-refractivity contribution >= 4 is 46.3 Å². The number of hydrogen-bond acceptors (Lipinski definition) is 3. The summed E-state index contributed by atoms with van der Waals surface area (Å²) in [6.07, 6.45) is 0. The number of imide groups is 1. The van der Waals surface area contributed by atoms with Crippen molar-refractivity contribution in [2.24, 2.45) is 0 Å². The summed E-state index contributed by atoms with van der Waals surface area (Å²) >= 11 is 6.05. The van der Waals surface area contributed by atoms with Crippen LogP contribution in [0.2, 0.25) is 0 Å². The standard InChI is InChI=1S/C18H12ClFN2O3/c1-10(23)21-12-8-6-11(7-9-12)15-16(19)18(25)22(17(15)24)14-5-3-2-4-13(14)20/h2-9H,1H3,(H,21,23). The van der Waals surface area contributed by atoms with Crippen molar-refractivity contribution in [1.82, 2.24) is 0 Å². The van der Waals surface area contributed by atoms with Crippen LogP contribution in [0.3, 0.4) is 0 Å². The molecule has 2 aromatic carbocycles. The van der Waals surface area contributed by atoms with E-state index in [2.05, 4.69) is 5.32 Å². The number of nitrogens with zero attached hydrogens (tertiary/aromatic N) is 1. The van der Waals surface area contributed by atoms with Crippen LogP contribution in [0, 0.1) is 5.82 Å². The van der Waals surface area contributed by atoms with Gasteiger partial charge in [0, 0.05) is 12.6 Å². The molecular weight excluding hydrogens is 347 g/mol. The minimum Gasteiger partial charge on any atom is -0.326 e. The summed E-state index contributed by atoms with van der Waals surface area (Å²) < 4.78 is 14.0. The molecule has 1 aliphatic rings. The van der Waals surface area contributed by atoms with E-state index in [0.717, 1.165) is 6.07 Å². The summed E-state index contributed by atoms with van der Waals surface area (Å²) in [5.74, 6) is -2.41. The fraction of sp³-hybridized carbons (Fsp3) is 0.0556. The molecule has 2 aromatic rings. The van der Waals surface area contributed by atoms with Gasteiger partial charge >= 0.3 is 0 Å². The summed E-state index contributed by atoms with van der Waals surface area (Å²) in [6, 6.07) is 11.7. The van der Waals surface area contributed by atoms with Gasteiger partial charge in [-0.3, -0.25) is 14.4 Å². The Balaban J connectivity index is 1.97. The predicted molar refractivity (Wildman–Crippen MR) is 92.4 cm³/mol. The molecule has 0 unspecified atom stereocenters. The highest BCUT2D eigenvalue weighted by atomic mass is 35.5. The Bertz CT molecular complexity index is 922. The fourth-order valence-electron chi connectivity index (χ4n) is 2.53. The van der Waals surface area contributed by atoms with Crippen LogP contribution >= 0.6 is 11.6 Å². The van der Waals surface area contributed by atoms with Crippen LogP contribution in [-0.4, -0.2) is 17.7 Å². The highest BCUT2D eigenvalue weighted by Gasteiger charge is 2.40. The monoisotopic (exact) mass is 358 g/mol. The number of halogens is 2. The third-order valence-electron chi connectivity index (χ3n) is 3.61. The van der Waals surface area contributed by atoms with Crippen molar-refractivity contribution in [3.8, 4) is 0 Å². The Morgan fingerprint density at radius 2 is 1.68 bits per heavy atom. The van der Waals surface area contributed by atoms with Gasteiger partial charge in [-0.2, -0.15) is 0 Å². The summed E-state index contributed by atoms with van der Waals surface area (Å²) in [5, 5.41) is 2.32. The van der Waals surface area contributed by atoms with Crippen molar-refractivity contribution in [2.75, 3.05) is 10.2 Å². The Morgan fingerprint density at radius 1 is 1.04 bits per heavy atom. The Labute approximate surface area is 147 Å². The number of carbonyl (C=O) groups is 3. The molecule has 7 heteroatoms. The molecule has 0 spiro atoms. The number of nitrogens with one attached hydrogen (secondary N) is 1. The van der Waals surface area contributed by atoms with E-state index in [1.807, 2.05) is 0 Å². The van der Waals surface area contributed by atoms with Gasteiger partial charge in [-0.05, 0) is 29.8 Å². The van der Waals surface area contributed by atoms with E-state index >= 15 is 0 Å². The lowest BCUT2D eigenvalue weighted by molar-refractivity contribution is -0.120. The number of hydrogen-bond donors (Lipinski definition) is 1. The van der Waals surface area contributed by atoms with E-state index in [-0.39, 0.29) is 22.2 Å². The molecule has 3 rings (SSSR count). The molecule has 0 aliphatic carbocycles. The maximum absolute atomic E-state index is 14.0. The molecule has 1 aliphatic heterocycles. The maximum atomic E-state index is 14.0. The number of para-hydroxylation sites is 1. The first-order chi connectivity index (χ1) is 11.9. The molecule has 25 heavy (non-hydrogen) atoms. The summed E-state index contributed by atoms with van der Waals surface area (Å²) in [5.41, 5.74) is 0.775. The molecule has 1 N–H and O–H groups in total. The van der Waals surface area contributed by atoms with Crippen LogP contribution in [-0.2, 0) is 14.4 Å². The molecule has 0 saturated carbocycles. The quantitative estimate of drug-likeness (QED) is 0.856. The van der Waals surface area contributed by atoms with Crippen molar-refractivity contribution in [2.45, 2.75) is 6.92 Å². The molecule has 0 aromatic heterocycles. The molecule has 0 radical (unpaired) electrons. The van der Waals surface area contributed by atoms with E-state index in [1.165, 1.54) is 25.1 Å². The number of anilines is 2. The third kappa shape index (κ3) is 3.04. The van der Waals surface area contributed by atoms with Crippen molar-refractivity contribution < 1.29 is 18.8 Å². The average Bonchev–Trinajstić information content (AvgIpc) is 2.79. The second kappa shape index (κ2) is 6.49. The van der Waals surface area contributed by atoms with Gasteiger partial charge in [0.15, 0.2) is 0 Å². The predicted octanol–water partition coefficient (Wildman–Crippen LogP) is 3.31. The molecule has 0 bridgehead atoms. The number of carbonyl (C=O) groups excluding carboxylic acids is 3. The van der Waals surface area contributed by atoms with Crippen molar-refractivity contribution in [3.05, 3.63) is 64.9 Å². The minimum atomic E-state index is -0.780. The molecule has 0 saturated heterocycles. The highest BCUT2D eigenvalue weighted by Crippen LogP contribution is 2.36. The SMILES string of the molecule is CC(=O)Nc1ccc(C2=C(Cl)C(=O)N(c3ccccc3F)C2=O)cc1. The normalized spacial score (nSPS) is 14.3. The lowest BCUT2D eigenvalue weighted by Crippen LogP contribution is -2.31. The van der Waals surface area contributed by atoms with E-state index in [4.69, 9.17) is 11.6 Å². The van der Waals surface area contributed by atoms with E-state index in [0.29, 0.717) is 16.2 Å². The Hall–Kier alpha value is -2.99. The highest BCUT2D eigenvalue weighted by molar-refractivity contribution is 6.60. The third-order valence-corrected chi connectivity index (χ3v) is 3.97. The maximum Gasteiger partial charge on any atom is 0.277 e. The molecule has 0 atom stereocenters. The zero-order chi connectivity index (χ0) is 18.1. The average molecular weight is 359 g/mol. The molecule has 3 amide bonds. The largest absolute Gasteiger partial charge is 0.326 e. The number of rotatable bonds is 3. The zero-order valence-corrected chi connectivity index (χ0v) is 13.8. The van der Waals surface area contributed by atoms with Gasteiger partial charge in [0.25, 0.3) is 11.8 Å². The Morgan fingerprint density at radius 3 is 2.28 bits per heavy atom. The Kier molecular flexibility index (Phi) is 4.37. The zero-order valence-electron chi connectivity index (χ0n) is 13.0.